The molecule has 3 nitrogen and oxygen atoms in total. The van der Waals surface area contributed by atoms with Gasteiger partial charge in [0, 0.05) is 34.5 Å². The molecule has 3 rings (SSSR count). The van der Waals surface area contributed by atoms with Gasteiger partial charge in [0.05, 0.1) is 11.8 Å². The fraction of sp³-hybridized carbons (Fsp3) is 0.267. The van der Waals surface area contributed by atoms with Crippen molar-refractivity contribution < 1.29 is 4.42 Å². The molecular formula is C15H16N2OS. The van der Waals surface area contributed by atoms with E-state index in [0.717, 1.165) is 18.5 Å². The fourth-order valence-corrected chi connectivity index (χ4v) is 2.99. The molecule has 0 bridgehead atoms. The summed E-state index contributed by atoms with van der Waals surface area (Å²) in [5, 5.41) is 4.73. The molecule has 1 atom stereocenters. The molecule has 0 radical (unpaired) electrons. The van der Waals surface area contributed by atoms with E-state index in [1.165, 1.54) is 15.8 Å². The lowest BCUT2D eigenvalue weighted by Crippen LogP contribution is -2.22. The fourth-order valence-electron chi connectivity index (χ4n) is 2.35. The molecule has 98 valence electrons. The average molecular weight is 272 g/mol. The van der Waals surface area contributed by atoms with Gasteiger partial charge in [-0.25, -0.2) is 0 Å². The zero-order valence-electron chi connectivity index (χ0n) is 10.8. The molecular weight excluding hydrogens is 256 g/mol. The lowest BCUT2D eigenvalue weighted by Gasteiger charge is -2.15. The largest absolute Gasteiger partial charge is 0.464 e. The first-order valence-electron chi connectivity index (χ1n) is 6.45. The Kier molecular flexibility index (Phi) is 3.62. The molecule has 0 fully saturated rings. The predicted octanol–water partition coefficient (Wildman–Crippen LogP) is 3.78. The number of para-hydroxylation sites is 1. The molecule has 0 aliphatic heterocycles. The van der Waals surface area contributed by atoms with Gasteiger partial charge in [-0.15, -0.1) is 11.3 Å². The minimum atomic E-state index is 0.272. The molecule has 3 aromatic rings. The second kappa shape index (κ2) is 5.55. The lowest BCUT2D eigenvalue weighted by atomic mass is 10.0. The second-order valence-corrected chi connectivity index (χ2v) is 5.44. The van der Waals surface area contributed by atoms with Crippen LogP contribution < -0.4 is 5.32 Å². The molecule has 0 aliphatic rings. The van der Waals surface area contributed by atoms with Crippen molar-refractivity contribution >= 4 is 22.3 Å². The smallest absolute Gasteiger partial charge is 0.134 e. The zero-order valence-corrected chi connectivity index (χ0v) is 11.6. The van der Waals surface area contributed by atoms with Gasteiger partial charge in [-0.3, -0.25) is 4.98 Å². The van der Waals surface area contributed by atoms with Crippen LogP contribution in [0.2, 0.25) is 0 Å². The molecule has 0 aliphatic carbocycles. The molecule has 1 aromatic carbocycles. The van der Waals surface area contributed by atoms with E-state index >= 15 is 0 Å². The Hall–Kier alpha value is -1.65. The number of nitrogens with one attached hydrogen (secondary N) is 1. The van der Waals surface area contributed by atoms with E-state index in [0.29, 0.717) is 0 Å². The van der Waals surface area contributed by atoms with Crippen LogP contribution in [0.4, 0.5) is 0 Å². The molecule has 0 saturated carbocycles. The van der Waals surface area contributed by atoms with E-state index < -0.39 is 0 Å². The maximum atomic E-state index is 5.64. The van der Waals surface area contributed by atoms with Crippen LogP contribution in [0.5, 0.6) is 0 Å². The van der Waals surface area contributed by atoms with Gasteiger partial charge < -0.3 is 9.73 Å². The van der Waals surface area contributed by atoms with E-state index in [1.54, 1.807) is 11.3 Å². The topological polar surface area (TPSA) is 38.1 Å². The summed E-state index contributed by atoms with van der Waals surface area (Å²) >= 11 is 1.70. The quantitative estimate of drug-likeness (QED) is 0.768. The summed E-state index contributed by atoms with van der Waals surface area (Å²) in [5.41, 5.74) is 4.06. The van der Waals surface area contributed by atoms with Gasteiger partial charge >= 0.3 is 0 Å². The van der Waals surface area contributed by atoms with Gasteiger partial charge in [0.1, 0.15) is 5.58 Å². The van der Waals surface area contributed by atoms with Crippen molar-refractivity contribution in [1.82, 2.24) is 10.3 Å². The Bertz CT molecular complexity index is 645. The Morgan fingerprint density at radius 3 is 3.05 bits per heavy atom. The number of likely N-dealkylation sites (N-methyl/N-ethyl adjacent to an activating group) is 1. The summed E-state index contributed by atoms with van der Waals surface area (Å²) in [6.07, 6.45) is 4.76. The average Bonchev–Trinajstić information content (AvgIpc) is 3.07. The Morgan fingerprint density at radius 1 is 1.37 bits per heavy atom. The molecule has 4 heteroatoms. The van der Waals surface area contributed by atoms with Gasteiger partial charge in [-0.05, 0) is 12.6 Å². The summed E-state index contributed by atoms with van der Waals surface area (Å²) in [5.74, 6) is 0. The van der Waals surface area contributed by atoms with Crippen LogP contribution in [0.15, 0.2) is 46.7 Å². The Morgan fingerprint density at radius 2 is 2.26 bits per heavy atom. The summed E-state index contributed by atoms with van der Waals surface area (Å²) in [4.78, 5) is 5.43. The van der Waals surface area contributed by atoms with Crippen LogP contribution in [0.1, 0.15) is 23.4 Å². The third-order valence-electron chi connectivity index (χ3n) is 3.23. The van der Waals surface area contributed by atoms with E-state index in [4.69, 9.17) is 4.42 Å². The van der Waals surface area contributed by atoms with Crippen LogP contribution in [0.25, 0.3) is 11.0 Å². The van der Waals surface area contributed by atoms with Crippen molar-refractivity contribution in [2.75, 3.05) is 6.54 Å². The van der Waals surface area contributed by atoms with E-state index in [2.05, 4.69) is 29.4 Å². The molecule has 0 saturated heterocycles. The number of thiazole rings is 1. The second-order valence-electron chi connectivity index (χ2n) is 4.47. The minimum absolute atomic E-state index is 0.272. The third-order valence-corrected chi connectivity index (χ3v) is 4.03. The molecule has 1 unspecified atom stereocenters. The molecule has 2 heterocycles. The van der Waals surface area contributed by atoms with Crippen LogP contribution in [-0.2, 0) is 6.42 Å². The van der Waals surface area contributed by atoms with E-state index in [1.807, 2.05) is 30.1 Å². The van der Waals surface area contributed by atoms with Crippen molar-refractivity contribution in [3.8, 4) is 0 Å². The maximum absolute atomic E-state index is 5.64. The van der Waals surface area contributed by atoms with Crippen molar-refractivity contribution in [3.63, 3.8) is 0 Å². The van der Waals surface area contributed by atoms with Crippen molar-refractivity contribution in [3.05, 3.63) is 52.7 Å². The van der Waals surface area contributed by atoms with Crippen LogP contribution in [0.3, 0.4) is 0 Å². The monoisotopic (exact) mass is 272 g/mol. The first-order valence-corrected chi connectivity index (χ1v) is 7.33. The number of benzene rings is 1. The number of hydrogen-bond acceptors (Lipinski definition) is 4. The Balaban J connectivity index is 1.95. The van der Waals surface area contributed by atoms with Crippen molar-refractivity contribution in [2.24, 2.45) is 0 Å². The number of nitrogens with zero attached hydrogens (tertiary/aromatic N) is 1. The molecule has 19 heavy (non-hydrogen) atoms. The third kappa shape index (κ3) is 2.55. The van der Waals surface area contributed by atoms with Crippen LogP contribution >= 0.6 is 11.3 Å². The molecule has 0 spiro atoms. The molecule has 0 amide bonds. The first-order chi connectivity index (χ1) is 9.38. The highest BCUT2D eigenvalue weighted by atomic mass is 32.1. The Labute approximate surface area is 116 Å². The van der Waals surface area contributed by atoms with Gasteiger partial charge in [-0.2, -0.15) is 0 Å². The lowest BCUT2D eigenvalue weighted by molar-refractivity contribution is 0.538. The van der Waals surface area contributed by atoms with Crippen molar-refractivity contribution in [1.29, 1.82) is 0 Å². The molecule has 2 aromatic heterocycles. The highest BCUT2D eigenvalue weighted by Gasteiger charge is 2.17. The van der Waals surface area contributed by atoms with E-state index in [-0.39, 0.29) is 6.04 Å². The number of furan rings is 1. The van der Waals surface area contributed by atoms with E-state index in [9.17, 15) is 0 Å². The zero-order chi connectivity index (χ0) is 13.1. The minimum Gasteiger partial charge on any atom is -0.464 e. The van der Waals surface area contributed by atoms with Gasteiger partial charge in [0.15, 0.2) is 0 Å². The van der Waals surface area contributed by atoms with Crippen molar-refractivity contribution in [2.45, 2.75) is 19.4 Å². The number of hydrogen-bond donors (Lipinski definition) is 1. The molecule has 1 N–H and O–H groups in total. The SMILES string of the molecule is CCNC(Cc1cncs1)c1coc2ccccc12. The summed E-state index contributed by atoms with van der Waals surface area (Å²) in [7, 11) is 0. The van der Waals surface area contributed by atoms with Crippen LogP contribution in [0, 0.1) is 0 Å². The van der Waals surface area contributed by atoms with Gasteiger partial charge in [0.25, 0.3) is 0 Å². The van der Waals surface area contributed by atoms with Crippen LogP contribution in [-0.4, -0.2) is 11.5 Å². The number of fused-ring (bicyclic) bond motifs is 1. The predicted molar refractivity (Wildman–Crippen MR) is 78.4 cm³/mol. The van der Waals surface area contributed by atoms with Gasteiger partial charge in [0.2, 0.25) is 0 Å². The highest BCUT2D eigenvalue weighted by molar-refractivity contribution is 7.09. The highest BCUT2D eigenvalue weighted by Crippen LogP contribution is 2.29. The number of rotatable bonds is 5. The normalized spacial score (nSPS) is 12.9. The first kappa shape index (κ1) is 12.4. The number of aromatic nitrogens is 1. The summed E-state index contributed by atoms with van der Waals surface area (Å²) in [6.45, 7) is 3.06. The maximum Gasteiger partial charge on any atom is 0.134 e. The summed E-state index contributed by atoms with van der Waals surface area (Å²) in [6, 6.07) is 8.45. The van der Waals surface area contributed by atoms with Gasteiger partial charge in [-0.1, -0.05) is 25.1 Å². The standard InChI is InChI=1S/C15H16N2OS/c1-2-17-14(7-11-8-16-10-19-11)13-9-18-15-6-4-3-5-12(13)15/h3-6,8-10,14,17H,2,7H2,1H3. The summed E-state index contributed by atoms with van der Waals surface area (Å²) < 4.78 is 5.64.